The average Bonchev–Trinajstić information content (AvgIpc) is 2.54. The Morgan fingerprint density at radius 2 is 1.81 bits per heavy atom. The van der Waals surface area contributed by atoms with Crippen molar-refractivity contribution in [2.75, 3.05) is 33.2 Å². The molecule has 4 nitrogen and oxygen atoms in total. The lowest BCUT2D eigenvalue weighted by Crippen LogP contribution is -2.51. The van der Waals surface area contributed by atoms with Crippen molar-refractivity contribution < 1.29 is 4.79 Å². The molecule has 21 heavy (non-hydrogen) atoms. The van der Waals surface area contributed by atoms with Gasteiger partial charge in [0.1, 0.15) is 0 Å². The van der Waals surface area contributed by atoms with Crippen molar-refractivity contribution in [1.82, 2.24) is 15.1 Å². The molecule has 0 aromatic heterocycles. The van der Waals surface area contributed by atoms with Crippen molar-refractivity contribution in [3.05, 3.63) is 0 Å². The molecule has 0 aromatic rings. The van der Waals surface area contributed by atoms with Gasteiger partial charge in [0.25, 0.3) is 0 Å². The highest BCUT2D eigenvalue weighted by Crippen LogP contribution is 2.22. The van der Waals surface area contributed by atoms with Crippen molar-refractivity contribution in [3.8, 4) is 0 Å². The summed E-state index contributed by atoms with van der Waals surface area (Å²) in [5, 5.41) is 3.25. The summed E-state index contributed by atoms with van der Waals surface area (Å²) in [5.41, 5.74) is 0. The van der Waals surface area contributed by atoms with E-state index in [0.29, 0.717) is 24.5 Å². The predicted octanol–water partition coefficient (Wildman–Crippen LogP) is 2.24. The Labute approximate surface area is 130 Å². The van der Waals surface area contributed by atoms with Crippen molar-refractivity contribution >= 4 is 5.91 Å². The van der Waals surface area contributed by atoms with E-state index in [4.69, 9.17) is 0 Å². The number of amides is 1. The van der Waals surface area contributed by atoms with Gasteiger partial charge >= 0.3 is 0 Å². The summed E-state index contributed by atoms with van der Waals surface area (Å²) < 4.78 is 0. The Balaban J connectivity index is 1.89. The fourth-order valence-electron chi connectivity index (χ4n) is 3.92. The van der Waals surface area contributed by atoms with Crippen LogP contribution in [0, 0.1) is 0 Å². The second kappa shape index (κ2) is 8.74. The normalized spacial score (nSPS) is 27.8. The van der Waals surface area contributed by atoms with Gasteiger partial charge in [-0.05, 0) is 65.1 Å². The van der Waals surface area contributed by atoms with Gasteiger partial charge in [-0.15, -0.1) is 0 Å². The van der Waals surface area contributed by atoms with Crippen molar-refractivity contribution in [2.45, 2.75) is 70.4 Å². The number of nitrogens with one attached hydrogen (secondary N) is 1. The van der Waals surface area contributed by atoms with E-state index >= 15 is 0 Å². The lowest BCUT2D eigenvalue weighted by Gasteiger charge is -2.40. The van der Waals surface area contributed by atoms with Gasteiger partial charge in [0, 0.05) is 18.6 Å². The second-order valence-electron chi connectivity index (χ2n) is 6.66. The molecule has 0 aromatic carbocycles. The van der Waals surface area contributed by atoms with E-state index in [1.165, 1.54) is 44.9 Å². The molecule has 2 aliphatic heterocycles. The minimum absolute atomic E-state index is 0.373. The van der Waals surface area contributed by atoms with E-state index in [1.54, 1.807) is 0 Å². The fraction of sp³-hybridized carbons (Fsp3) is 0.941. The molecule has 2 heterocycles. The monoisotopic (exact) mass is 295 g/mol. The SMILES string of the molecule is CCC1CCCCN1C(=O)CN1CCCCC1CCNC. The largest absolute Gasteiger partial charge is 0.339 e. The zero-order valence-corrected chi connectivity index (χ0v) is 13.9. The topological polar surface area (TPSA) is 35.6 Å². The van der Waals surface area contributed by atoms with Gasteiger partial charge < -0.3 is 10.2 Å². The molecule has 122 valence electrons. The molecular weight excluding hydrogens is 262 g/mol. The summed E-state index contributed by atoms with van der Waals surface area (Å²) in [5.74, 6) is 0.373. The van der Waals surface area contributed by atoms with E-state index in [9.17, 15) is 4.79 Å². The van der Waals surface area contributed by atoms with Gasteiger partial charge in [-0.2, -0.15) is 0 Å². The van der Waals surface area contributed by atoms with E-state index in [2.05, 4.69) is 22.0 Å². The molecule has 0 bridgehead atoms. The first kappa shape index (κ1) is 16.8. The van der Waals surface area contributed by atoms with Crippen LogP contribution in [0.5, 0.6) is 0 Å². The summed E-state index contributed by atoms with van der Waals surface area (Å²) in [6.07, 6.45) is 9.77. The molecule has 2 fully saturated rings. The van der Waals surface area contributed by atoms with E-state index < -0.39 is 0 Å². The molecule has 0 radical (unpaired) electrons. The minimum atomic E-state index is 0.373. The highest BCUT2D eigenvalue weighted by Gasteiger charge is 2.29. The Morgan fingerprint density at radius 3 is 2.52 bits per heavy atom. The van der Waals surface area contributed by atoms with Crippen LogP contribution in [0.25, 0.3) is 0 Å². The Hall–Kier alpha value is -0.610. The molecule has 2 rings (SSSR count). The lowest BCUT2D eigenvalue weighted by atomic mass is 9.98. The van der Waals surface area contributed by atoms with Gasteiger partial charge in [-0.25, -0.2) is 0 Å². The molecule has 0 saturated carbocycles. The van der Waals surface area contributed by atoms with Crippen molar-refractivity contribution in [2.24, 2.45) is 0 Å². The summed E-state index contributed by atoms with van der Waals surface area (Å²) in [4.78, 5) is 17.3. The maximum absolute atomic E-state index is 12.7. The third kappa shape index (κ3) is 4.68. The van der Waals surface area contributed by atoms with Gasteiger partial charge in [0.15, 0.2) is 0 Å². The molecule has 2 atom stereocenters. The van der Waals surface area contributed by atoms with E-state index in [-0.39, 0.29) is 0 Å². The number of likely N-dealkylation sites (tertiary alicyclic amines) is 2. The number of piperidine rings is 2. The number of carbonyl (C=O) groups excluding carboxylic acids is 1. The standard InChI is InChI=1S/C17H33N3O/c1-3-15-8-5-7-13-20(15)17(21)14-19-12-6-4-9-16(19)10-11-18-2/h15-16,18H,3-14H2,1-2H3. The van der Waals surface area contributed by atoms with E-state index in [0.717, 1.165) is 26.1 Å². The quantitative estimate of drug-likeness (QED) is 0.816. The summed E-state index contributed by atoms with van der Waals surface area (Å²) in [6.45, 7) is 5.99. The van der Waals surface area contributed by atoms with Gasteiger partial charge in [0.05, 0.1) is 6.54 Å². The molecule has 2 saturated heterocycles. The third-order valence-electron chi connectivity index (χ3n) is 5.23. The number of hydrogen-bond donors (Lipinski definition) is 1. The molecule has 0 spiro atoms. The fourth-order valence-corrected chi connectivity index (χ4v) is 3.92. The van der Waals surface area contributed by atoms with Crippen LogP contribution in [0.3, 0.4) is 0 Å². The van der Waals surface area contributed by atoms with Crippen LogP contribution in [-0.2, 0) is 4.79 Å². The molecule has 0 aliphatic carbocycles. The summed E-state index contributed by atoms with van der Waals surface area (Å²) in [6, 6.07) is 1.09. The predicted molar refractivity (Wildman–Crippen MR) is 87.4 cm³/mol. The van der Waals surface area contributed by atoms with Gasteiger partial charge in [0.2, 0.25) is 5.91 Å². The molecule has 2 unspecified atom stereocenters. The number of rotatable bonds is 6. The molecule has 4 heteroatoms. The highest BCUT2D eigenvalue weighted by molar-refractivity contribution is 5.78. The van der Waals surface area contributed by atoms with Crippen LogP contribution >= 0.6 is 0 Å². The van der Waals surface area contributed by atoms with Crippen LogP contribution in [0.4, 0.5) is 0 Å². The molecule has 2 aliphatic rings. The average molecular weight is 295 g/mol. The Morgan fingerprint density at radius 1 is 1.10 bits per heavy atom. The molecule has 1 amide bonds. The number of carbonyl (C=O) groups is 1. The summed E-state index contributed by atoms with van der Waals surface area (Å²) >= 11 is 0. The molecule has 1 N–H and O–H groups in total. The minimum Gasteiger partial charge on any atom is -0.339 e. The van der Waals surface area contributed by atoms with Gasteiger partial charge in [-0.1, -0.05) is 13.3 Å². The first-order chi connectivity index (χ1) is 10.3. The zero-order valence-electron chi connectivity index (χ0n) is 13.9. The first-order valence-electron chi connectivity index (χ1n) is 8.94. The maximum Gasteiger partial charge on any atom is 0.237 e. The smallest absolute Gasteiger partial charge is 0.237 e. The number of nitrogens with zero attached hydrogens (tertiary/aromatic N) is 2. The second-order valence-corrected chi connectivity index (χ2v) is 6.66. The van der Waals surface area contributed by atoms with Crippen LogP contribution in [0.15, 0.2) is 0 Å². The first-order valence-corrected chi connectivity index (χ1v) is 8.94. The molecular formula is C17H33N3O. The Bertz CT molecular complexity index is 321. The third-order valence-corrected chi connectivity index (χ3v) is 5.23. The lowest BCUT2D eigenvalue weighted by molar-refractivity contribution is -0.137. The highest BCUT2D eigenvalue weighted by atomic mass is 16.2. The van der Waals surface area contributed by atoms with Crippen LogP contribution in [0.2, 0.25) is 0 Å². The Kier molecular flexibility index (Phi) is 6.97. The van der Waals surface area contributed by atoms with Crippen LogP contribution < -0.4 is 5.32 Å². The van der Waals surface area contributed by atoms with Crippen molar-refractivity contribution in [3.63, 3.8) is 0 Å². The van der Waals surface area contributed by atoms with Crippen LogP contribution in [-0.4, -0.2) is 61.0 Å². The summed E-state index contributed by atoms with van der Waals surface area (Å²) in [7, 11) is 2.01. The number of hydrogen-bond acceptors (Lipinski definition) is 3. The van der Waals surface area contributed by atoms with Gasteiger partial charge in [-0.3, -0.25) is 9.69 Å². The van der Waals surface area contributed by atoms with E-state index in [1.807, 2.05) is 7.05 Å². The van der Waals surface area contributed by atoms with Crippen molar-refractivity contribution in [1.29, 1.82) is 0 Å². The zero-order chi connectivity index (χ0) is 15.1. The maximum atomic E-state index is 12.7. The van der Waals surface area contributed by atoms with Crippen LogP contribution in [0.1, 0.15) is 58.3 Å².